The van der Waals surface area contributed by atoms with E-state index in [-0.39, 0.29) is 0 Å². The monoisotopic (exact) mass is 171 g/mol. The number of fused-ring (bicyclic) bond motifs is 1. The van der Waals surface area contributed by atoms with Gasteiger partial charge in [0.1, 0.15) is 0 Å². The van der Waals surface area contributed by atoms with Gasteiger partial charge in [-0.1, -0.05) is 24.3 Å². The zero-order valence-corrected chi connectivity index (χ0v) is 7.96. The highest BCUT2D eigenvalue weighted by molar-refractivity contribution is 5.84. The minimum Gasteiger partial charge on any atom is -0.355 e. The zero-order valence-electron chi connectivity index (χ0n) is 7.96. The van der Waals surface area contributed by atoms with Gasteiger partial charge in [0.2, 0.25) is 0 Å². The molecule has 1 heteroatoms. The van der Waals surface area contributed by atoms with Gasteiger partial charge in [0.05, 0.1) is 0 Å². The van der Waals surface area contributed by atoms with Gasteiger partial charge in [-0.2, -0.15) is 0 Å². The van der Waals surface area contributed by atoms with Crippen LogP contribution in [0, 0.1) is 0 Å². The lowest BCUT2D eigenvalue weighted by molar-refractivity contribution is 1.38. The van der Waals surface area contributed by atoms with Crippen LogP contribution in [-0.2, 0) is 0 Å². The van der Waals surface area contributed by atoms with Gasteiger partial charge in [-0.05, 0) is 36.9 Å². The molecular weight excluding hydrogens is 158 g/mol. The van der Waals surface area contributed by atoms with E-state index in [4.69, 9.17) is 0 Å². The Hall–Kier alpha value is -1.50. The molecule has 0 aliphatic carbocycles. The molecule has 1 N–H and O–H groups in total. The van der Waals surface area contributed by atoms with Gasteiger partial charge in [0.15, 0.2) is 0 Å². The molecule has 1 aromatic heterocycles. The highest BCUT2D eigenvalue weighted by Gasteiger charge is 1.99. The van der Waals surface area contributed by atoms with E-state index >= 15 is 0 Å². The third-order valence-electron chi connectivity index (χ3n) is 2.39. The number of hydrogen-bond donors (Lipinski definition) is 1. The lowest BCUT2D eigenvalue weighted by Crippen LogP contribution is -1.75. The Kier molecular flexibility index (Phi) is 1.93. The first-order valence-corrected chi connectivity index (χ1v) is 4.52. The third kappa shape index (κ3) is 1.37. The first-order valence-electron chi connectivity index (χ1n) is 4.52. The van der Waals surface area contributed by atoms with Crippen molar-refractivity contribution in [1.82, 2.24) is 4.98 Å². The second kappa shape index (κ2) is 3.09. The van der Waals surface area contributed by atoms with Gasteiger partial charge < -0.3 is 4.98 Å². The number of benzene rings is 1. The van der Waals surface area contributed by atoms with E-state index in [0.29, 0.717) is 0 Å². The molecule has 2 aromatic rings. The fourth-order valence-electron chi connectivity index (χ4n) is 1.44. The average molecular weight is 171 g/mol. The van der Waals surface area contributed by atoms with Gasteiger partial charge in [0.25, 0.3) is 0 Å². The van der Waals surface area contributed by atoms with Crippen LogP contribution in [0.2, 0.25) is 0 Å². The second-order valence-electron chi connectivity index (χ2n) is 3.24. The van der Waals surface area contributed by atoms with Crippen molar-refractivity contribution in [3.05, 3.63) is 42.1 Å². The van der Waals surface area contributed by atoms with E-state index in [1.165, 1.54) is 22.2 Å². The molecule has 0 amide bonds. The molecule has 0 spiro atoms. The van der Waals surface area contributed by atoms with Crippen LogP contribution >= 0.6 is 0 Å². The third-order valence-corrected chi connectivity index (χ3v) is 2.39. The molecule has 1 heterocycles. The summed E-state index contributed by atoms with van der Waals surface area (Å²) in [7, 11) is 0. The minimum atomic E-state index is 1.21. The molecule has 0 saturated carbocycles. The Morgan fingerprint density at radius 2 is 2.08 bits per heavy atom. The SMILES string of the molecule is C/C=C(\C)c1cc2ccccc2[nH]1. The van der Waals surface area contributed by atoms with E-state index in [1.54, 1.807) is 0 Å². The Labute approximate surface area is 78.1 Å². The smallest absolute Gasteiger partial charge is 0.0458 e. The minimum absolute atomic E-state index is 1.21. The summed E-state index contributed by atoms with van der Waals surface area (Å²) in [6, 6.07) is 10.5. The van der Waals surface area contributed by atoms with Gasteiger partial charge in [0, 0.05) is 11.2 Å². The normalized spacial score (nSPS) is 12.3. The topological polar surface area (TPSA) is 15.8 Å². The van der Waals surface area contributed by atoms with Crippen LogP contribution in [0.4, 0.5) is 0 Å². The fourth-order valence-corrected chi connectivity index (χ4v) is 1.44. The van der Waals surface area contributed by atoms with Gasteiger partial charge >= 0.3 is 0 Å². The molecule has 0 fully saturated rings. The van der Waals surface area contributed by atoms with Crippen molar-refractivity contribution in [2.75, 3.05) is 0 Å². The average Bonchev–Trinajstić information content (AvgIpc) is 2.59. The van der Waals surface area contributed by atoms with E-state index in [9.17, 15) is 0 Å². The summed E-state index contributed by atoms with van der Waals surface area (Å²) >= 11 is 0. The molecule has 66 valence electrons. The number of nitrogens with one attached hydrogen (secondary N) is 1. The van der Waals surface area contributed by atoms with E-state index in [1.807, 2.05) is 6.07 Å². The zero-order chi connectivity index (χ0) is 9.26. The number of aromatic nitrogens is 1. The van der Waals surface area contributed by atoms with Crippen molar-refractivity contribution >= 4 is 16.5 Å². The molecule has 1 nitrogen and oxygen atoms in total. The molecule has 0 aliphatic rings. The van der Waals surface area contributed by atoms with Gasteiger partial charge in [-0.25, -0.2) is 0 Å². The van der Waals surface area contributed by atoms with Crippen molar-refractivity contribution in [2.24, 2.45) is 0 Å². The lowest BCUT2D eigenvalue weighted by Gasteiger charge is -1.92. The maximum Gasteiger partial charge on any atom is 0.0458 e. The van der Waals surface area contributed by atoms with Crippen LogP contribution in [0.25, 0.3) is 16.5 Å². The fraction of sp³-hybridized carbons (Fsp3) is 0.167. The molecule has 0 unspecified atom stereocenters. The summed E-state index contributed by atoms with van der Waals surface area (Å²) in [5.74, 6) is 0. The quantitative estimate of drug-likeness (QED) is 0.674. The standard InChI is InChI=1S/C12H13N/c1-3-9(2)12-8-10-6-4-5-7-11(10)13-12/h3-8,13H,1-2H3/b9-3+. The molecule has 2 rings (SSSR count). The van der Waals surface area contributed by atoms with E-state index in [0.717, 1.165) is 0 Å². The van der Waals surface area contributed by atoms with Crippen LogP contribution < -0.4 is 0 Å². The number of para-hydroxylation sites is 1. The first-order chi connectivity index (χ1) is 6.31. The summed E-state index contributed by atoms with van der Waals surface area (Å²) in [6.07, 6.45) is 2.12. The highest BCUT2D eigenvalue weighted by Crippen LogP contribution is 2.19. The van der Waals surface area contributed by atoms with Crippen LogP contribution in [0.1, 0.15) is 19.5 Å². The Bertz CT molecular complexity index is 416. The molecule has 0 saturated heterocycles. The largest absolute Gasteiger partial charge is 0.355 e. The molecule has 13 heavy (non-hydrogen) atoms. The van der Waals surface area contributed by atoms with Crippen LogP contribution in [0.5, 0.6) is 0 Å². The molecule has 0 aliphatic heterocycles. The number of allylic oxidation sites excluding steroid dienone is 2. The summed E-state index contributed by atoms with van der Waals surface area (Å²) < 4.78 is 0. The summed E-state index contributed by atoms with van der Waals surface area (Å²) in [6.45, 7) is 4.17. The molecule has 1 aromatic carbocycles. The Morgan fingerprint density at radius 3 is 2.77 bits per heavy atom. The van der Waals surface area contributed by atoms with Crippen LogP contribution in [0.15, 0.2) is 36.4 Å². The second-order valence-corrected chi connectivity index (χ2v) is 3.24. The molecule has 0 atom stereocenters. The summed E-state index contributed by atoms with van der Waals surface area (Å²) in [4.78, 5) is 3.38. The van der Waals surface area contributed by atoms with Crippen molar-refractivity contribution in [3.63, 3.8) is 0 Å². The maximum atomic E-state index is 3.38. The predicted molar refractivity (Wildman–Crippen MR) is 57.6 cm³/mol. The predicted octanol–water partition coefficient (Wildman–Crippen LogP) is 3.59. The first kappa shape index (κ1) is 8.11. The van der Waals surface area contributed by atoms with Gasteiger partial charge in [-0.3, -0.25) is 0 Å². The van der Waals surface area contributed by atoms with E-state index in [2.05, 4.69) is 49.2 Å². The van der Waals surface area contributed by atoms with E-state index < -0.39 is 0 Å². The van der Waals surface area contributed by atoms with Gasteiger partial charge in [-0.15, -0.1) is 0 Å². The highest BCUT2D eigenvalue weighted by atomic mass is 14.7. The summed E-state index contributed by atoms with van der Waals surface area (Å²) in [5, 5.41) is 1.28. The number of hydrogen-bond acceptors (Lipinski definition) is 0. The van der Waals surface area contributed by atoms with Crippen molar-refractivity contribution in [1.29, 1.82) is 0 Å². The number of H-pyrrole nitrogens is 1. The molecule has 0 bridgehead atoms. The van der Waals surface area contributed by atoms with Crippen LogP contribution in [-0.4, -0.2) is 4.98 Å². The number of aromatic amines is 1. The van der Waals surface area contributed by atoms with Crippen molar-refractivity contribution in [3.8, 4) is 0 Å². The van der Waals surface area contributed by atoms with Crippen molar-refractivity contribution < 1.29 is 0 Å². The Morgan fingerprint density at radius 1 is 1.31 bits per heavy atom. The number of rotatable bonds is 1. The molecule has 0 radical (unpaired) electrons. The Balaban J connectivity index is 2.62. The van der Waals surface area contributed by atoms with Crippen molar-refractivity contribution in [2.45, 2.75) is 13.8 Å². The molecular formula is C12H13N. The summed E-state index contributed by atoms with van der Waals surface area (Å²) in [5.41, 5.74) is 3.71. The van der Waals surface area contributed by atoms with Crippen LogP contribution in [0.3, 0.4) is 0 Å². The lowest BCUT2D eigenvalue weighted by atomic mass is 10.2. The maximum absolute atomic E-state index is 3.38.